The normalized spacial score (nSPS) is 20.4. The SMILES string of the molecule is CCC1(CC)COC(c2cccc(N)c2)OC1. The predicted molar refractivity (Wildman–Crippen MR) is 68.5 cm³/mol. The van der Waals surface area contributed by atoms with Gasteiger partial charge in [0.25, 0.3) is 0 Å². The van der Waals surface area contributed by atoms with E-state index < -0.39 is 0 Å². The zero-order chi connectivity index (χ0) is 12.3. The quantitative estimate of drug-likeness (QED) is 0.819. The van der Waals surface area contributed by atoms with Crippen molar-refractivity contribution in [1.29, 1.82) is 0 Å². The van der Waals surface area contributed by atoms with Gasteiger partial charge in [-0.25, -0.2) is 0 Å². The number of nitrogens with two attached hydrogens (primary N) is 1. The van der Waals surface area contributed by atoms with Crippen LogP contribution in [0.25, 0.3) is 0 Å². The summed E-state index contributed by atoms with van der Waals surface area (Å²) in [6, 6.07) is 7.70. The molecule has 0 amide bonds. The molecule has 0 atom stereocenters. The lowest BCUT2D eigenvalue weighted by Gasteiger charge is -2.39. The van der Waals surface area contributed by atoms with Crippen LogP contribution in [0.5, 0.6) is 0 Å². The van der Waals surface area contributed by atoms with Gasteiger partial charge in [-0.1, -0.05) is 26.0 Å². The van der Waals surface area contributed by atoms with Gasteiger partial charge in [0.15, 0.2) is 6.29 Å². The van der Waals surface area contributed by atoms with Crippen LogP contribution in [-0.4, -0.2) is 13.2 Å². The second-order valence-electron chi connectivity index (χ2n) is 4.83. The minimum atomic E-state index is -0.260. The molecule has 0 aliphatic carbocycles. The van der Waals surface area contributed by atoms with Crippen LogP contribution in [0.15, 0.2) is 24.3 Å². The summed E-state index contributed by atoms with van der Waals surface area (Å²) < 4.78 is 11.7. The second kappa shape index (κ2) is 5.07. The number of hydrogen-bond donors (Lipinski definition) is 1. The first-order chi connectivity index (χ1) is 8.19. The van der Waals surface area contributed by atoms with Gasteiger partial charge >= 0.3 is 0 Å². The number of anilines is 1. The maximum absolute atomic E-state index is 5.84. The summed E-state index contributed by atoms with van der Waals surface area (Å²) in [5, 5.41) is 0. The van der Waals surface area contributed by atoms with Crippen LogP contribution in [0.1, 0.15) is 38.5 Å². The van der Waals surface area contributed by atoms with Crippen molar-refractivity contribution >= 4 is 5.69 Å². The molecule has 0 radical (unpaired) electrons. The van der Waals surface area contributed by atoms with E-state index in [2.05, 4.69) is 13.8 Å². The van der Waals surface area contributed by atoms with E-state index in [1.54, 1.807) is 0 Å². The largest absolute Gasteiger partial charge is 0.399 e. The first-order valence-electron chi connectivity index (χ1n) is 6.28. The van der Waals surface area contributed by atoms with Crippen molar-refractivity contribution in [3.63, 3.8) is 0 Å². The molecular formula is C14H21NO2. The molecule has 17 heavy (non-hydrogen) atoms. The standard InChI is InChI=1S/C14H21NO2/c1-3-14(4-2)9-16-13(17-10-14)11-6-5-7-12(15)8-11/h5-8,13H,3-4,9-10,15H2,1-2H3. The van der Waals surface area contributed by atoms with Crippen molar-refractivity contribution < 1.29 is 9.47 Å². The molecule has 0 aromatic heterocycles. The van der Waals surface area contributed by atoms with Gasteiger partial charge in [-0.3, -0.25) is 0 Å². The summed E-state index contributed by atoms with van der Waals surface area (Å²) in [5.74, 6) is 0. The van der Waals surface area contributed by atoms with Crippen LogP contribution < -0.4 is 5.73 Å². The highest BCUT2D eigenvalue weighted by Gasteiger charge is 2.34. The Morgan fingerprint density at radius 2 is 1.88 bits per heavy atom. The van der Waals surface area contributed by atoms with E-state index in [0.29, 0.717) is 0 Å². The van der Waals surface area contributed by atoms with Gasteiger partial charge in [0.05, 0.1) is 13.2 Å². The second-order valence-corrected chi connectivity index (χ2v) is 4.83. The van der Waals surface area contributed by atoms with Gasteiger partial charge in [-0.15, -0.1) is 0 Å². The van der Waals surface area contributed by atoms with Gasteiger partial charge in [0, 0.05) is 16.7 Å². The molecule has 0 unspecified atom stereocenters. The van der Waals surface area contributed by atoms with Crippen LogP contribution >= 0.6 is 0 Å². The Morgan fingerprint density at radius 1 is 1.24 bits per heavy atom. The molecule has 3 heteroatoms. The third-order valence-electron chi connectivity index (χ3n) is 3.76. The van der Waals surface area contributed by atoms with E-state index in [4.69, 9.17) is 15.2 Å². The molecule has 1 aromatic carbocycles. The summed E-state index contributed by atoms with van der Waals surface area (Å²) in [4.78, 5) is 0. The Hall–Kier alpha value is -1.06. The summed E-state index contributed by atoms with van der Waals surface area (Å²) in [6.45, 7) is 5.91. The van der Waals surface area contributed by atoms with Crippen molar-refractivity contribution in [2.24, 2.45) is 5.41 Å². The van der Waals surface area contributed by atoms with Crippen LogP contribution in [0, 0.1) is 5.41 Å². The molecule has 1 aliphatic heterocycles. The predicted octanol–water partition coefficient (Wildman–Crippen LogP) is 3.12. The van der Waals surface area contributed by atoms with E-state index in [0.717, 1.165) is 37.3 Å². The number of ether oxygens (including phenoxy) is 2. The third-order valence-corrected chi connectivity index (χ3v) is 3.76. The molecule has 0 spiro atoms. The Labute approximate surface area is 103 Å². The van der Waals surface area contributed by atoms with E-state index in [-0.39, 0.29) is 11.7 Å². The first kappa shape index (κ1) is 12.4. The van der Waals surface area contributed by atoms with Crippen LogP contribution in [0.2, 0.25) is 0 Å². The summed E-state index contributed by atoms with van der Waals surface area (Å²) in [6.07, 6.45) is 1.92. The zero-order valence-corrected chi connectivity index (χ0v) is 10.6. The number of hydrogen-bond acceptors (Lipinski definition) is 3. The van der Waals surface area contributed by atoms with Crippen LogP contribution in [0.4, 0.5) is 5.69 Å². The number of nitrogen functional groups attached to an aromatic ring is 1. The summed E-state index contributed by atoms with van der Waals surface area (Å²) >= 11 is 0. The fourth-order valence-corrected chi connectivity index (χ4v) is 2.15. The molecule has 94 valence electrons. The van der Waals surface area contributed by atoms with Gasteiger partial charge in [-0.2, -0.15) is 0 Å². The lowest BCUT2D eigenvalue weighted by atomic mass is 9.83. The van der Waals surface area contributed by atoms with Crippen LogP contribution in [-0.2, 0) is 9.47 Å². The number of benzene rings is 1. The summed E-state index contributed by atoms with van der Waals surface area (Å²) in [5.41, 5.74) is 7.70. The topological polar surface area (TPSA) is 44.5 Å². The summed E-state index contributed by atoms with van der Waals surface area (Å²) in [7, 11) is 0. The van der Waals surface area contributed by atoms with Crippen LogP contribution in [0.3, 0.4) is 0 Å². The molecule has 2 N–H and O–H groups in total. The van der Waals surface area contributed by atoms with Gasteiger partial charge in [0.1, 0.15) is 0 Å². The Bertz CT molecular complexity index is 364. The molecular weight excluding hydrogens is 214 g/mol. The zero-order valence-electron chi connectivity index (χ0n) is 10.6. The van der Waals surface area contributed by atoms with Crippen molar-refractivity contribution in [3.05, 3.63) is 29.8 Å². The van der Waals surface area contributed by atoms with E-state index in [1.807, 2.05) is 24.3 Å². The lowest BCUT2D eigenvalue weighted by Crippen LogP contribution is -2.37. The van der Waals surface area contributed by atoms with Gasteiger partial charge in [-0.05, 0) is 25.0 Å². The average Bonchev–Trinajstić information content (AvgIpc) is 2.39. The highest BCUT2D eigenvalue weighted by atomic mass is 16.7. The van der Waals surface area contributed by atoms with Gasteiger partial charge < -0.3 is 15.2 Å². The van der Waals surface area contributed by atoms with Crippen molar-refractivity contribution in [2.45, 2.75) is 33.0 Å². The van der Waals surface area contributed by atoms with E-state index in [1.165, 1.54) is 0 Å². The third kappa shape index (κ3) is 2.61. The fraction of sp³-hybridized carbons (Fsp3) is 0.571. The Morgan fingerprint density at radius 3 is 2.41 bits per heavy atom. The average molecular weight is 235 g/mol. The fourth-order valence-electron chi connectivity index (χ4n) is 2.15. The monoisotopic (exact) mass is 235 g/mol. The smallest absolute Gasteiger partial charge is 0.183 e. The van der Waals surface area contributed by atoms with E-state index in [9.17, 15) is 0 Å². The molecule has 1 saturated heterocycles. The molecule has 0 bridgehead atoms. The molecule has 1 aliphatic rings. The molecule has 2 rings (SSSR count). The van der Waals surface area contributed by atoms with Crippen molar-refractivity contribution in [2.75, 3.05) is 18.9 Å². The number of rotatable bonds is 3. The van der Waals surface area contributed by atoms with Gasteiger partial charge in [0.2, 0.25) is 0 Å². The van der Waals surface area contributed by atoms with Crippen molar-refractivity contribution in [1.82, 2.24) is 0 Å². The molecule has 3 nitrogen and oxygen atoms in total. The highest BCUT2D eigenvalue weighted by Crippen LogP contribution is 2.36. The molecule has 1 fully saturated rings. The maximum Gasteiger partial charge on any atom is 0.183 e. The minimum absolute atomic E-state index is 0.191. The Kier molecular flexibility index (Phi) is 3.69. The lowest BCUT2D eigenvalue weighted by molar-refractivity contribution is -0.235. The van der Waals surface area contributed by atoms with E-state index >= 15 is 0 Å². The minimum Gasteiger partial charge on any atom is -0.399 e. The van der Waals surface area contributed by atoms with Crippen molar-refractivity contribution in [3.8, 4) is 0 Å². The molecule has 1 heterocycles. The highest BCUT2D eigenvalue weighted by molar-refractivity contribution is 5.41. The Balaban J connectivity index is 2.04. The first-order valence-corrected chi connectivity index (χ1v) is 6.28. The maximum atomic E-state index is 5.84. The molecule has 1 aromatic rings. The molecule has 0 saturated carbocycles.